The van der Waals surface area contributed by atoms with Crippen LogP contribution in [0.15, 0.2) is 12.3 Å². The molecule has 20 heavy (non-hydrogen) atoms. The van der Waals surface area contributed by atoms with Gasteiger partial charge in [-0.15, -0.1) is 0 Å². The standard InChI is InChI=1S/C14H21N5O/c1-9(13-10(2)17-18-11(13)3)14(20)15-7-5-12-6-8-16-19(12)4/h6,8-9H,5,7H2,1-4H3,(H,15,20)(H,17,18). The van der Waals surface area contributed by atoms with Gasteiger partial charge in [0.2, 0.25) is 5.91 Å². The summed E-state index contributed by atoms with van der Waals surface area (Å²) < 4.78 is 1.82. The largest absolute Gasteiger partial charge is 0.355 e. The van der Waals surface area contributed by atoms with Crippen LogP contribution in [0, 0.1) is 13.8 Å². The molecule has 2 aromatic rings. The molecule has 0 aromatic carbocycles. The minimum absolute atomic E-state index is 0.0276. The number of carbonyl (C=O) groups excluding carboxylic acids is 1. The van der Waals surface area contributed by atoms with E-state index >= 15 is 0 Å². The molecule has 1 unspecified atom stereocenters. The maximum atomic E-state index is 12.2. The van der Waals surface area contributed by atoms with Crippen molar-refractivity contribution >= 4 is 5.91 Å². The first kappa shape index (κ1) is 14.3. The summed E-state index contributed by atoms with van der Waals surface area (Å²) in [5, 5.41) is 14.1. The third-order valence-corrected chi connectivity index (χ3v) is 3.61. The number of aryl methyl sites for hydroxylation is 3. The van der Waals surface area contributed by atoms with Crippen LogP contribution in [0.4, 0.5) is 0 Å². The van der Waals surface area contributed by atoms with Crippen LogP contribution in [0.3, 0.4) is 0 Å². The summed E-state index contributed by atoms with van der Waals surface area (Å²) in [5.74, 6) is -0.167. The SMILES string of the molecule is Cc1n[nH]c(C)c1C(C)C(=O)NCCc1ccnn1C. The lowest BCUT2D eigenvalue weighted by Crippen LogP contribution is -2.30. The van der Waals surface area contributed by atoms with Crippen molar-refractivity contribution in [1.82, 2.24) is 25.3 Å². The number of aromatic amines is 1. The zero-order valence-corrected chi connectivity index (χ0v) is 12.4. The van der Waals surface area contributed by atoms with Crippen LogP contribution < -0.4 is 5.32 Å². The van der Waals surface area contributed by atoms with Crippen molar-refractivity contribution in [2.75, 3.05) is 6.54 Å². The number of hydrogen-bond donors (Lipinski definition) is 2. The van der Waals surface area contributed by atoms with Gasteiger partial charge in [-0.25, -0.2) is 0 Å². The molecule has 2 heterocycles. The molecule has 0 saturated carbocycles. The molecule has 0 spiro atoms. The number of H-pyrrole nitrogens is 1. The molecule has 2 aromatic heterocycles. The second kappa shape index (κ2) is 5.90. The van der Waals surface area contributed by atoms with E-state index in [-0.39, 0.29) is 11.8 Å². The molecule has 6 heteroatoms. The average molecular weight is 275 g/mol. The van der Waals surface area contributed by atoms with Gasteiger partial charge in [0.25, 0.3) is 0 Å². The summed E-state index contributed by atoms with van der Waals surface area (Å²) in [6.07, 6.45) is 2.54. The van der Waals surface area contributed by atoms with Crippen molar-refractivity contribution in [2.24, 2.45) is 7.05 Å². The third-order valence-electron chi connectivity index (χ3n) is 3.61. The van der Waals surface area contributed by atoms with E-state index in [1.54, 1.807) is 6.20 Å². The third kappa shape index (κ3) is 2.89. The molecular formula is C14H21N5O. The minimum Gasteiger partial charge on any atom is -0.355 e. The summed E-state index contributed by atoms with van der Waals surface area (Å²) >= 11 is 0. The number of hydrogen-bond acceptors (Lipinski definition) is 3. The fourth-order valence-corrected chi connectivity index (χ4v) is 2.44. The fourth-order valence-electron chi connectivity index (χ4n) is 2.44. The Morgan fingerprint density at radius 1 is 1.50 bits per heavy atom. The van der Waals surface area contributed by atoms with Crippen LogP contribution in [0.5, 0.6) is 0 Å². The van der Waals surface area contributed by atoms with Gasteiger partial charge in [-0.3, -0.25) is 14.6 Å². The van der Waals surface area contributed by atoms with Crippen LogP contribution in [-0.2, 0) is 18.3 Å². The Morgan fingerprint density at radius 2 is 2.25 bits per heavy atom. The number of aromatic nitrogens is 4. The summed E-state index contributed by atoms with van der Waals surface area (Å²) in [5.41, 5.74) is 3.94. The molecule has 6 nitrogen and oxygen atoms in total. The first-order valence-corrected chi connectivity index (χ1v) is 6.76. The molecule has 1 atom stereocenters. The van der Waals surface area contributed by atoms with Gasteiger partial charge in [0.05, 0.1) is 11.6 Å². The van der Waals surface area contributed by atoms with E-state index in [1.165, 1.54) is 0 Å². The van der Waals surface area contributed by atoms with E-state index in [1.807, 2.05) is 38.6 Å². The van der Waals surface area contributed by atoms with Crippen molar-refractivity contribution in [2.45, 2.75) is 33.1 Å². The normalized spacial score (nSPS) is 12.4. The summed E-state index contributed by atoms with van der Waals surface area (Å²) in [7, 11) is 1.90. The molecule has 0 fully saturated rings. The Bertz CT molecular complexity index is 579. The van der Waals surface area contributed by atoms with Crippen molar-refractivity contribution in [3.8, 4) is 0 Å². The predicted octanol–water partition coefficient (Wildman–Crippen LogP) is 1.22. The van der Waals surface area contributed by atoms with Gasteiger partial charge in [-0.1, -0.05) is 0 Å². The highest BCUT2D eigenvalue weighted by Crippen LogP contribution is 2.21. The Kier molecular flexibility index (Phi) is 4.22. The van der Waals surface area contributed by atoms with E-state index < -0.39 is 0 Å². The Hall–Kier alpha value is -2.11. The van der Waals surface area contributed by atoms with Crippen LogP contribution in [0.2, 0.25) is 0 Å². The maximum absolute atomic E-state index is 12.2. The highest BCUT2D eigenvalue weighted by molar-refractivity contribution is 5.83. The Morgan fingerprint density at radius 3 is 2.80 bits per heavy atom. The van der Waals surface area contributed by atoms with Gasteiger partial charge in [0.15, 0.2) is 0 Å². The lowest BCUT2D eigenvalue weighted by molar-refractivity contribution is -0.122. The van der Waals surface area contributed by atoms with Gasteiger partial charge in [0, 0.05) is 43.2 Å². The summed E-state index contributed by atoms with van der Waals surface area (Å²) in [6.45, 7) is 6.37. The molecule has 2 rings (SSSR count). The quantitative estimate of drug-likeness (QED) is 0.861. The maximum Gasteiger partial charge on any atom is 0.227 e. The van der Waals surface area contributed by atoms with Crippen molar-refractivity contribution in [3.05, 3.63) is 34.9 Å². The first-order chi connectivity index (χ1) is 9.50. The molecule has 1 amide bonds. The molecule has 0 aliphatic carbocycles. The Labute approximate surface area is 118 Å². The molecule has 0 saturated heterocycles. The highest BCUT2D eigenvalue weighted by atomic mass is 16.1. The Balaban J connectivity index is 1.91. The zero-order chi connectivity index (χ0) is 14.7. The number of nitrogens with zero attached hydrogens (tertiary/aromatic N) is 3. The highest BCUT2D eigenvalue weighted by Gasteiger charge is 2.20. The second-order valence-electron chi connectivity index (χ2n) is 5.06. The predicted molar refractivity (Wildman–Crippen MR) is 76.4 cm³/mol. The van der Waals surface area contributed by atoms with Gasteiger partial charge in [0.1, 0.15) is 0 Å². The van der Waals surface area contributed by atoms with Gasteiger partial charge >= 0.3 is 0 Å². The van der Waals surface area contributed by atoms with Crippen LogP contribution in [-0.4, -0.2) is 32.4 Å². The monoisotopic (exact) mass is 275 g/mol. The van der Waals surface area contributed by atoms with Crippen LogP contribution in [0.25, 0.3) is 0 Å². The number of rotatable bonds is 5. The molecule has 2 N–H and O–H groups in total. The lowest BCUT2D eigenvalue weighted by atomic mass is 9.98. The molecular weight excluding hydrogens is 254 g/mol. The van der Waals surface area contributed by atoms with Gasteiger partial charge < -0.3 is 5.32 Å². The molecule has 0 bridgehead atoms. The first-order valence-electron chi connectivity index (χ1n) is 6.76. The number of nitrogens with one attached hydrogen (secondary N) is 2. The smallest absolute Gasteiger partial charge is 0.227 e. The van der Waals surface area contributed by atoms with Crippen LogP contribution >= 0.6 is 0 Å². The van der Waals surface area contributed by atoms with Gasteiger partial charge in [-0.2, -0.15) is 10.2 Å². The van der Waals surface area contributed by atoms with Crippen molar-refractivity contribution in [1.29, 1.82) is 0 Å². The second-order valence-corrected chi connectivity index (χ2v) is 5.06. The van der Waals surface area contributed by atoms with Crippen LogP contribution in [0.1, 0.15) is 35.5 Å². The summed E-state index contributed by atoms with van der Waals surface area (Å²) in [4.78, 5) is 12.2. The molecule has 0 aliphatic heterocycles. The number of carbonyl (C=O) groups is 1. The van der Waals surface area contributed by atoms with E-state index in [0.717, 1.165) is 29.1 Å². The van der Waals surface area contributed by atoms with E-state index in [2.05, 4.69) is 20.6 Å². The zero-order valence-electron chi connectivity index (χ0n) is 12.4. The summed E-state index contributed by atoms with van der Waals surface area (Å²) in [6, 6.07) is 1.96. The van der Waals surface area contributed by atoms with E-state index in [4.69, 9.17) is 0 Å². The average Bonchev–Trinajstić information content (AvgIpc) is 2.96. The number of amides is 1. The van der Waals surface area contributed by atoms with E-state index in [9.17, 15) is 4.79 Å². The van der Waals surface area contributed by atoms with E-state index in [0.29, 0.717) is 6.54 Å². The van der Waals surface area contributed by atoms with Gasteiger partial charge in [-0.05, 0) is 26.8 Å². The molecule has 0 aliphatic rings. The molecule has 0 radical (unpaired) electrons. The fraction of sp³-hybridized carbons (Fsp3) is 0.500. The lowest BCUT2D eigenvalue weighted by Gasteiger charge is -2.12. The van der Waals surface area contributed by atoms with Crippen molar-refractivity contribution < 1.29 is 4.79 Å². The topological polar surface area (TPSA) is 75.6 Å². The van der Waals surface area contributed by atoms with Crippen molar-refractivity contribution in [3.63, 3.8) is 0 Å². The minimum atomic E-state index is -0.194. The molecule has 108 valence electrons.